The van der Waals surface area contributed by atoms with Gasteiger partial charge in [-0.1, -0.05) is 41.3 Å². The van der Waals surface area contributed by atoms with Gasteiger partial charge in [0.05, 0.1) is 19.6 Å². The summed E-state index contributed by atoms with van der Waals surface area (Å²) in [4.78, 5) is 23.8. The molecule has 0 aliphatic heterocycles. The Kier molecular flexibility index (Phi) is 7.61. The molecule has 2 N–H and O–H groups in total. The van der Waals surface area contributed by atoms with Crippen molar-refractivity contribution in [3.05, 3.63) is 42.5 Å². The number of hydrogen-bond acceptors (Lipinski definition) is 7. The second-order valence-corrected chi connectivity index (χ2v) is 7.50. The van der Waals surface area contributed by atoms with Gasteiger partial charge in [0.15, 0.2) is 4.34 Å². The number of aromatic nitrogens is 2. The molecular formula is C17H20N4O3S2. The third-order valence-corrected chi connectivity index (χ3v) is 5.23. The van der Waals surface area contributed by atoms with Gasteiger partial charge in [-0.15, -0.1) is 16.8 Å². The summed E-state index contributed by atoms with van der Waals surface area (Å²) in [5, 5.41) is 13.9. The van der Waals surface area contributed by atoms with E-state index in [2.05, 4.69) is 27.4 Å². The molecule has 1 aromatic heterocycles. The summed E-state index contributed by atoms with van der Waals surface area (Å²) in [6.07, 6.45) is 1.86. The first-order chi connectivity index (χ1) is 12.5. The number of carbonyl (C=O) groups is 2. The number of hydrogen-bond donors (Lipinski definition) is 2. The van der Waals surface area contributed by atoms with Gasteiger partial charge >= 0.3 is 0 Å². The molecule has 26 heavy (non-hydrogen) atoms. The van der Waals surface area contributed by atoms with Crippen molar-refractivity contribution in [1.29, 1.82) is 0 Å². The Morgan fingerprint density at radius 3 is 2.69 bits per heavy atom. The molecule has 0 spiro atoms. The number of thioether (sulfide) groups is 1. The molecule has 0 unspecified atom stereocenters. The molecule has 0 aliphatic rings. The molecule has 138 valence electrons. The fourth-order valence-electron chi connectivity index (χ4n) is 2.14. The largest absolute Gasteiger partial charge is 0.497 e. The number of nitrogens with one attached hydrogen (secondary N) is 2. The molecule has 2 aromatic rings. The number of rotatable bonds is 9. The van der Waals surface area contributed by atoms with Gasteiger partial charge in [0.25, 0.3) is 0 Å². The maximum Gasteiger partial charge on any atom is 0.228 e. The Hall–Kier alpha value is -2.39. The summed E-state index contributed by atoms with van der Waals surface area (Å²) in [5.74, 6) is 0.969. The van der Waals surface area contributed by atoms with Gasteiger partial charge < -0.3 is 15.4 Å². The van der Waals surface area contributed by atoms with Crippen LogP contribution in [0.1, 0.15) is 24.9 Å². The molecule has 1 atom stereocenters. The lowest BCUT2D eigenvalue weighted by molar-refractivity contribution is -0.120. The number of ether oxygens (including phenoxy) is 1. The molecule has 7 nitrogen and oxygen atoms in total. The van der Waals surface area contributed by atoms with Crippen LogP contribution >= 0.6 is 23.1 Å². The van der Waals surface area contributed by atoms with Crippen LogP contribution in [0.5, 0.6) is 5.75 Å². The molecule has 1 heterocycles. The number of anilines is 1. The summed E-state index contributed by atoms with van der Waals surface area (Å²) >= 11 is 2.80. The Labute approximate surface area is 160 Å². The average molecular weight is 393 g/mol. The highest BCUT2D eigenvalue weighted by Crippen LogP contribution is 2.26. The lowest BCUT2D eigenvalue weighted by Gasteiger charge is -2.18. The highest BCUT2D eigenvalue weighted by molar-refractivity contribution is 8.01. The zero-order valence-electron chi connectivity index (χ0n) is 14.5. The van der Waals surface area contributed by atoms with E-state index in [-0.39, 0.29) is 18.2 Å². The minimum atomic E-state index is -0.444. The van der Waals surface area contributed by atoms with Crippen LogP contribution in [0.2, 0.25) is 0 Å². The van der Waals surface area contributed by atoms with Gasteiger partial charge in [-0.25, -0.2) is 0 Å². The lowest BCUT2D eigenvalue weighted by atomic mass is 10.0. The van der Waals surface area contributed by atoms with E-state index in [1.54, 1.807) is 25.3 Å². The van der Waals surface area contributed by atoms with E-state index in [1.807, 2.05) is 12.1 Å². The van der Waals surface area contributed by atoms with Gasteiger partial charge in [0, 0.05) is 12.7 Å². The van der Waals surface area contributed by atoms with Crippen LogP contribution in [-0.2, 0) is 9.59 Å². The van der Waals surface area contributed by atoms with Gasteiger partial charge in [-0.05, 0) is 17.7 Å². The fraction of sp³-hybridized carbons (Fsp3) is 0.294. The van der Waals surface area contributed by atoms with Crippen LogP contribution in [0.4, 0.5) is 5.13 Å². The Bertz CT molecular complexity index is 762. The SMILES string of the molecule is C=CCSc1nnc(NC(=O)C[C@H](NC(C)=O)c2ccc(OC)cc2)s1. The second-order valence-electron chi connectivity index (χ2n) is 5.25. The topological polar surface area (TPSA) is 93.2 Å². The van der Waals surface area contributed by atoms with Crippen LogP contribution in [0, 0.1) is 0 Å². The monoisotopic (exact) mass is 392 g/mol. The second kappa shape index (κ2) is 9.93. The first kappa shape index (κ1) is 19.9. The maximum absolute atomic E-state index is 12.4. The molecule has 0 saturated carbocycles. The molecular weight excluding hydrogens is 372 g/mol. The zero-order valence-corrected chi connectivity index (χ0v) is 16.2. The van der Waals surface area contributed by atoms with Crippen LogP contribution in [0.25, 0.3) is 0 Å². The highest BCUT2D eigenvalue weighted by Gasteiger charge is 2.18. The predicted molar refractivity (Wildman–Crippen MR) is 104 cm³/mol. The van der Waals surface area contributed by atoms with Gasteiger partial charge in [-0.3, -0.25) is 9.59 Å². The van der Waals surface area contributed by atoms with Gasteiger partial charge in [0.1, 0.15) is 5.75 Å². The predicted octanol–water partition coefficient (Wildman–Crippen LogP) is 3.03. The van der Waals surface area contributed by atoms with Crippen molar-refractivity contribution in [2.45, 2.75) is 23.7 Å². The number of benzene rings is 1. The first-order valence-corrected chi connectivity index (χ1v) is 9.60. The highest BCUT2D eigenvalue weighted by atomic mass is 32.2. The van der Waals surface area contributed by atoms with Crippen LogP contribution in [0.3, 0.4) is 0 Å². The zero-order chi connectivity index (χ0) is 18.9. The van der Waals surface area contributed by atoms with E-state index in [0.717, 1.165) is 15.7 Å². The summed E-state index contributed by atoms with van der Waals surface area (Å²) in [7, 11) is 1.58. The molecule has 2 amide bonds. The van der Waals surface area contributed by atoms with E-state index in [4.69, 9.17) is 4.74 Å². The van der Waals surface area contributed by atoms with Gasteiger partial charge in [0.2, 0.25) is 16.9 Å². The molecule has 0 radical (unpaired) electrons. The third kappa shape index (κ3) is 6.16. The Morgan fingerprint density at radius 1 is 1.35 bits per heavy atom. The maximum atomic E-state index is 12.4. The summed E-state index contributed by atoms with van der Waals surface area (Å²) < 4.78 is 5.89. The summed E-state index contributed by atoms with van der Waals surface area (Å²) in [6.45, 7) is 5.07. The number of carbonyl (C=O) groups excluding carboxylic acids is 2. The minimum Gasteiger partial charge on any atom is -0.497 e. The summed E-state index contributed by atoms with van der Waals surface area (Å²) in [5.41, 5.74) is 0.815. The van der Waals surface area contributed by atoms with E-state index in [1.165, 1.54) is 30.0 Å². The Balaban J connectivity index is 2.02. The summed E-state index contributed by atoms with van der Waals surface area (Å²) in [6, 6.07) is 6.77. The quantitative estimate of drug-likeness (QED) is 0.387. The van der Waals surface area contributed by atoms with E-state index < -0.39 is 6.04 Å². The van der Waals surface area contributed by atoms with Crippen molar-refractivity contribution < 1.29 is 14.3 Å². The Morgan fingerprint density at radius 2 is 2.08 bits per heavy atom. The van der Waals surface area contributed by atoms with Crippen LogP contribution in [0.15, 0.2) is 41.3 Å². The molecule has 0 bridgehead atoms. The van der Waals surface area contributed by atoms with E-state index in [0.29, 0.717) is 10.9 Å². The van der Waals surface area contributed by atoms with Crippen LogP contribution in [-0.4, -0.2) is 34.9 Å². The molecule has 2 rings (SSSR count). The third-order valence-electron chi connectivity index (χ3n) is 3.26. The van der Waals surface area contributed by atoms with Crippen LogP contribution < -0.4 is 15.4 Å². The molecule has 0 aliphatic carbocycles. The number of amides is 2. The average Bonchev–Trinajstić information content (AvgIpc) is 3.06. The fourth-order valence-corrected chi connectivity index (χ4v) is 3.67. The van der Waals surface area contributed by atoms with Crippen molar-refractivity contribution in [2.75, 3.05) is 18.2 Å². The van der Waals surface area contributed by atoms with Gasteiger partial charge in [-0.2, -0.15) is 0 Å². The molecule has 0 fully saturated rings. The standard InChI is InChI=1S/C17H20N4O3S2/c1-4-9-25-17-21-20-16(26-17)19-15(23)10-14(18-11(2)22)12-5-7-13(24-3)8-6-12/h4-8,14H,1,9-10H2,2-3H3,(H,18,22)(H,19,20,23)/t14-/m0/s1. The van der Waals surface area contributed by atoms with Crippen molar-refractivity contribution in [2.24, 2.45) is 0 Å². The normalized spacial score (nSPS) is 11.5. The molecule has 9 heteroatoms. The number of nitrogens with zero attached hydrogens (tertiary/aromatic N) is 2. The van der Waals surface area contributed by atoms with Crippen molar-refractivity contribution in [1.82, 2.24) is 15.5 Å². The molecule has 0 saturated heterocycles. The minimum absolute atomic E-state index is 0.0840. The van der Waals surface area contributed by atoms with E-state index in [9.17, 15) is 9.59 Å². The molecule has 1 aromatic carbocycles. The van der Waals surface area contributed by atoms with Crippen molar-refractivity contribution in [3.8, 4) is 5.75 Å². The number of methoxy groups -OCH3 is 1. The lowest BCUT2D eigenvalue weighted by Crippen LogP contribution is -2.29. The van der Waals surface area contributed by atoms with Crippen molar-refractivity contribution >= 4 is 40.0 Å². The first-order valence-electron chi connectivity index (χ1n) is 7.80. The van der Waals surface area contributed by atoms with E-state index >= 15 is 0 Å². The van der Waals surface area contributed by atoms with Crippen molar-refractivity contribution in [3.63, 3.8) is 0 Å². The smallest absolute Gasteiger partial charge is 0.228 e.